The number of rotatable bonds is 3. The molecule has 2 rings (SSSR count). The van der Waals surface area contributed by atoms with Crippen molar-refractivity contribution in [1.29, 1.82) is 5.26 Å². The van der Waals surface area contributed by atoms with Crippen LogP contribution in [0.25, 0.3) is 11.3 Å². The SMILES string of the molecule is CCCc1c(N)ncnc1-c1cncc(C#N)c1. The lowest BCUT2D eigenvalue weighted by Crippen LogP contribution is -2.02. The molecule has 0 aromatic carbocycles. The van der Waals surface area contributed by atoms with Crippen LogP contribution in [0.4, 0.5) is 5.82 Å². The predicted octanol–water partition coefficient (Wildman–Crippen LogP) is 1.94. The molecule has 0 aliphatic carbocycles. The Hall–Kier alpha value is -2.48. The number of hydrogen-bond donors (Lipinski definition) is 1. The molecule has 2 aromatic heterocycles. The van der Waals surface area contributed by atoms with Gasteiger partial charge in [-0.3, -0.25) is 4.98 Å². The molecule has 2 heterocycles. The van der Waals surface area contributed by atoms with Crippen molar-refractivity contribution in [1.82, 2.24) is 15.0 Å². The molecule has 5 heteroatoms. The number of nitriles is 1. The highest BCUT2D eigenvalue weighted by Gasteiger charge is 2.11. The van der Waals surface area contributed by atoms with Gasteiger partial charge in [-0.1, -0.05) is 13.3 Å². The van der Waals surface area contributed by atoms with Crippen LogP contribution in [0.2, 0.25) is 0 Å². The van der Waals surface area contributed by atoms with Crippen molar-refractivity contribution >= 4 is 5.82 Å². The quantitative estimate of drug-likeness (QED) is 0.884. The molecule has 2 aromatic rings. The van der Waals surface area contributed by atoms with Gasteiger partial charge >= 0.3 is 0 Å². The van der Waals surface area contributed by atoms with Gasteiger partial charge in [0.2, 0.25) is 0 Å². The van der Waals surface area contributed by atoms with Crippen LogP contribution in [0, 0.1) is 11.3 Å². The first-order valence-corrected chi connectivity index (χ1v) is 5.71. The molecule has 18 heavy (non-hydrogen) atoms. The van der Waals surface area contributed by atoms with Gasteiger partial charge < -0.3 is 5.73 Å². The van der Waals surface area contributed by atoms with Gasteiger partial charge in [0.25, 0.3) is 0 Å². The van der Waals surface area contributed by atoms with Crippen molar-refractivity contribution in [2.75, 3.05) is 5.73 Å². The van der Waals surface area contributed by atoms with Crippen LogP contribution in [0.5, 0.6) is 0 Å². The molecule has 0 saturated carbocycles. The van der Waals surface area contributed by atoms with Crippen molar-refractivity contribution in [3.63, 3.8) is 0 Å². The first kappa shape index (κ1) is 12.0. The number of pyridine rings is 1. The van der Waals surface area contributed by atoms with E-state index in [-0.39, 0.29) is 0 Å². The first-order chi connectivity index (χ1) is 8.76. The second-order valence-electron chi connectivity index (χ2n) is 3.91. The molecule has 5 nitrogen and oxygen atoms in total. The Balaban J connectivity index is 2.56. The maximum Gasteiger partial charge on any atom is 0.130 e. The highest BCUT2D eigenvalue weighted by molar-refractivity contribution is 5.67. The zero-order valence-corrected chi connectivity index (χ0v) is 10.1. The van der Waals surface area contributed by atoms with E-state index in [9.17, 15) is 0 Å². The van der Waals surface area contributed by atoms with E-state index in [4.69, 9.17) is 11.0 Å². The predicted molar refractivity (Wildman–Crippen MR) is 68.4 cm³/mol. The van der Waals surface area contributed by atoms with E-state index in [1.165, 1.54) is 12.5 Å². The van der Waals surface area contributed by atoms with Crippen molar-refractivity contribution in [2.45, 2.75) is 19.8 Å². The number of nitrogen functional groups attached to an aromatic ring is 1. The second kappa shape index (κ2) is 5.23. The van der Waals surface area contributed by atoms with Crippen LogP contribution in [0.3, 0.4) is 0 Å². The van der Waals surface area contributed by atoms with Crippen molar-refractivity contribution in [3.8, 4) is 17.3 Å². The summed E-state index contributed by atoms with van der Waals surface area (Å²) in [6.07, 6.45) is 6.40. The Labute approximate surface area is 105 Å². The lowest BCUT2D eigenvalue weighted by Gasteiger charge is -2.09. The topological polar surface area (TPSA) is 88.5 Å². The summed E-state index contributed by atoms with van der Waals surface area (Å²) >= 11 is 0. The number of nitrogens with two attached hydrogens (primary N) is 1. The van der Waals surface area contributed by atoms with Gasteiger partial charge in [-0.25, -0.2) is 9.97 Å². The monoisotopic (exact) mass is 239 g/mol. The van der Waals surface area contributed by atoms with Gasteiger partial charge in [0.15, 0.2) is 0 Å². The van der Waals surface area contributed by atoms with Gasteiger partial charge in [-0.15, -0.1) is 0 Å². The molecule has 0 radical (unpaired) electrons. The van der Waals surface area contributed by atoms with Crippen molar-refractivity contribution in [2.24, 2.45) is 0 Å². The Morgan fingerprint density at radius 3 is 2.89 bits per heavy atom. The van der Waals surface area contributed by atoms with Crippen LogP contribution in [-0.4, -0.2) is 15.0 Å². The maximum absolute atomic E-state index is 8.89. The largest absolute Gasteiger partial charge is 0.383 e. The van der Waals surface area contributed by atoms with Crippen molar-refractivity contribution in [3.05, 3.63) is 35.9 Å². The number of anilines is 1. The van der Waals surface area contributed by atoms with Crippen LogP contribution in [0.15, 0.2) is 24.8 Å². The van der Waals surface area contributed by atoms with Crippen LogP contribution in [0.1, 0.15) is 24.5 Å². The van der Waals surface area contributed by atoms with Crippen molar-refractivity contribution < 1.29 is 0 Å². The summed E-state index contributed by atoms with van der Waals surface area (Å²) in [5.41, 5.74) is 8.86. The Morgan fingerprint density at radius 1 is 1.33 bits per heavy atom. The van der Waals surface area contributed by atoms with E-state index in [1.54, 1.807) is 12.3 Å². The molecule has 0 saturated heterocycles. The summed E-state index contributed by atoms with van der Waals surface area (Å²) in [7, 11) is 0. The molecule has 0 fully saturated rings. The zero-order chi connectivity index (χ0) is 13.0. The Morgan fingerprint density at radius 2 is 2.17 bits per heavy atom. The van der Waals surface area contributed by atoms with Gasteiger partial charge in [-0.05, 0) is 12.5 Å². The molecular weight excluding hydrogens is 226 g/mol. The third-order valence-corrected chi connectivity index (χ3v) is 2.62. The average Bonchev–Trinajstić information content (AvgIpc) is 2.41. The molecular formula is C13H13N5. The minimum Gasteiger partial charge on any atom is -0.383 e. The van der Waals surface area contributed by atoms with E-state index in [0.717, 1.165) is 29.7 Å². The summed E-state index contributed by atoms with van der Waals surface area (Å²) in [6.45, 7) is 2.07. The summed E-state index contributed by atoms with van der Waals surface area (Å²) in [4.78, 5) is 12.3. The van der Waals surface area contributed by atoms with Gasteiger partial charge in [-0.2, -0.15) is 5.26 Å². The molecule has 0 aliphatic rings. The summed E-state index contributed by atoms with van der Waals surface area (Å²) in [5.74, 6) is 0.490. The number of nitrogens with zero attached hydrogens (tertiary/aromatic N) is 4. The number of aromatic nitrogens is 3. The molecule has 0 atom stereocenters. The first-order valence-electron chi connectivity index (χ1n) is 5.71. The van der Waals surface area contributed by atoms with Crippen LogP contribution < -0.4 is 5.73 Å². The Bertz CT molecular complexity index is 601. The van der Waals surface area contributed by atoms with Gasteiger partial charge in [0, 0.05) is 23.5 Å². The molecule has 0 amide bonds. The lowest BCUT2D eigenvalue weighted by atomic mass is 10.0. The normalized spacial score (nSPS) is 10.0. The lowest BCUT2D eigenvalue weighted by molar-refractivity contribution is 0.908. The van der Waals surface area contributed by atoms with E-state index in [0.29, 0.717) is 11.4 Å². The highest BCUT2D eigenvalue weighted by atomic mass is 14.9. The molecule has 0 aliphatic heterocycles. The second-order valence-corrected chi connectivity index (χ2v) is 3.91. The zero-order valence-electron chi connectivity index (χ0n) is 10.1. The van der Waals surface area contributed by atoms with Gasteiger partial charge in [0.1, 0.15) is 18.2 Å². The maximum atomic E-state index is 8.89. The number of hydrogen-bond acceptors (Lipinski definition) is 5. The minimum atomic E-state index is 0.490. The molecule has 2 N–H and O–H groups in total. The van der Waals surface area contributed by atoms with E-state index < -0.39 is 0 Å². The molecule has 90 valence electrons. The molecule has 0 unspecified atom stereocenters. The van der Waals surface area contributed by atoms with Crippen LogP contribution >= 0.6 is 0 Å². The third kappa shape index (κ3) is 2.28. The Kier molecular flexibility index (Phi) is 3.49. The summed E-state index contributed by atoms with van der Waals surface area (Å²) in [6, 6.07) is 3.82. The standard InChI is InChI=1S/C13H13N5/c1-2-3-11-12(17-8-18-13(11)15)10-4-9(5-14)6-16-7-10/h4,6-8H,2-3H2,1H3,(H2,15,17,18). The fraction of sp³-hybridized carbons (Fsp3) is 0.231. The smallest absolute Gasteiger partial charge is 0.130 e. The van der Waals surface area contributed by atoms with E-state index in [1.807, 2.05) is 0 Å². The fourth-order valence-electron chi connectivity index (χ4n) is 1.80. The highest BCUT2D eigenvalue weighted by Crippen LogP contribution is 2.25. The fourth-order valence-corrected chi connectivity index (χ4v) is 1.80. The molecule has 0 spiro atoms. The molecule has 0 bridgehead atoms. The van der Waals surface area contributed by atoms with Crippen LogP contribution in [-0.2, 0) is 6.42 Å². The third-order valence-electron chi connectivity index (χ3n) is 2.62. The van der Waals surface area contributed by atoms with E-state index in [2.05, 4.69) is 27.9 Å². The van der Waals surface area contributed by atoms with E-state index >= 15 is 0 Å². The summed E-state index contributed by atoms with van der Waals surface area (Å²) < 4.78 is 0. The minimum absolute atomic E-state index is 0.490. The van der Waals surface area contributed by atoms with Gasteiger partial charge in [0.05, 0.1) is 11.3 Å². The summed E-state index contributed by atoms with van der Waals surface area (Å²) in [5, 5.41) is 8.89. The average molecular weight is 239 g/mol.